The Labute approximate surface area is 202 Å². The molecule has 0 aromatic heterocycles. The number of anilines is 1. The summed E-state index contributed by atoms with van der Waals surface area (Å²) in [5, 5.41) is 6.18. The number of carbonyl (C=O) groups excluding carboxylic acids is 1. The number of nitrogens with one attached hydrogen (secondary N) is 2. The third-order valence-electron chi connectivity index (χ3n) is 5.73. The molecule has 0 bridgehead atoms. The van der Waals surface area contributed by atoms with Gasteiger partial charge >= 0.3 is 0 Å². The second-order valence-electron chi connectivity index (χ2n) is 7.74. The predicted octanol–water partition coefficient (Wildman–Crippen LogP) is 3.17. The number of thioether (sulfide) groups is 1. The molecule has 2 aliphatic heterocycles. The van der Waals surface area contributed by atoms with Crippen molar-refractivity contribution in [1.82, 2.24) is 15.5 Å². The quantitative estimate of drug-likeness (QED) is 0.327. The lowest BCUT2D eigenvalue weighted by atomic mass is 9.93. The molecule has 1 aromatic carbocycles. The molecule has 2 fully saturated rings. The molecule has 2 heterocycles. The van der Waals surface area contributed by atoms with Crippen LogP contribution in [0, 0.1) is 5.92 Å². The van der Waals surface area contributed by atoms with Crippen LogP contribution in [0.3, 0.4) is 0 Å². The van der Waals surface area contributed by atoms with Crippen LogP contribution < -0.4 is 15.5 Å². The van der Waals surface area contributed by atoms with Crippen LogP contribution in [-0.4, -0.2) is 68.0 Å². The molecule has 0 atom stereocenters. The van der Waals surface area contributed by atoms with Crippen LogP contribution in [0.15, 0.2) is 29.3 Å². The lowest BCUT2D eigenvalue weighted by Gasteiger charge is -2.34. The molecule has 2 saturated heterocycles. The summed E-state index contributed by atoms with van der Waals surface area (Å²) in [5.74, 6) is 4.06. The molecule has 3 rings (SSSR count). The van der Waals surface area contributed by atoms with Gasteiger partial charge in [-0.1, -0.05) is 12.1 Å². The van der Waals surface area contributed by atoms with Gasteiger partial charge in [0.25, 0.3) is 0 Å². The Balaban J connectivity index is 0.00000320. The molecule has 2 aliphatic rings. The molecule has 1 amide bonds. The van der Waals surface area contributed by atoms with Gasteiger partial charge in [-0.25, -0.2) is 4.99 Å². The number of hydrogen-bond acceptors (Lipinski definition) is 4. The van der Waals surface area contributed by atoms with Crippen molar-refractivity contribution in [3.63, 3.8) is 0 Å². The fourth-order valence-electron chi connectivity index (χ4n) is 3.94. The van der Waals surface area contributed by atoms with Crippen molar-refractivity contribution in [2.75, 3.05) is 56.2 Å². The first-order valence-electron chi connectivity index (χ1n) is 10.8. The summed E-state index contributed by atoms with van der Waals surface area (Å²) in [6.07, 6.45) is 2.72. The van der Waals surface area contributed by atoms with Crippen LogP contribution in [0.4, 0.5) is 5.69 Å². The van der Waals surface area contributed by atoms with Gasteiger partial charge in [-0.15, -0.1) is 24.0 Å². The van der Waals surface area contributed by atoms with Gasteiger partial charge in [0.05, 0.1) is 6.54 Å². The molecule has 0 unspecified atom stereocenters. The Hall–Kier alpha value is -1.16. The molecule has 0 saturated carbocycles. The van der Waals surface area contributed by atoms with Crippen molar-refractivity contribution in [2.45, 2.75) is 32.7 Å². The second-order valence-corrected chi connectivity index (χ2v) is 8.97. The van der Waals surface area contributed by atoms with E-state index >= 15 is 0 Å². The van der Waals surface area contributed by atoms with Crippen LogP contribution in [0.1, 0.15) is 31.7 Å². The number of nitrogens with zero attached hydrogens (tertiary/aromatic N) is 3. The molecule has 1 aromatic rings. The van der Waals surface area contributed by atoms with Gasteiger partial charge in [-0.05, 0) is 43.4 Å². The van der Waals surface area contributed by atoms with E-state index in [0.717, 1.165) is 51.5 Å². The van der Waals surface area contributed by atoms with Crippen molar-refractivity contribution in [1.29, 1.82) is 0 Å². The summed E-state index contributed by atoms with van der Waals surface area (Å²) >= 11 is 2.04. The first-order valence-corrected chi connectivity index (χ1v) is 12.0. The SMILES string of the molecule is CCNC(=NCc1ccc(N2CCSCC2)cc1)N1CCC(CC(=O)NC)CC1.I. The molecular weight excluding hydrogens is 509 g/mol. The normalized spacial score (nSPS) is 18.0. The number of guanidine groups is 1. The maximum atomic E-state index is 11.6. The van der Waals surface area contributed by atoms with E-state index in [2.05, 4.69) is 51.6 Å². The van der Waals surface area contributed by atoms with Crippen molar-refractivity contribution >= 4 is 53.3 Å². The van der Waals surface area contributed by atoms with Gasteiger partial charge < -0.3 is 20.4 Å². The zero-order valence-corrected chi connectivity index (χ0v) is 21.4. The first-order chi connectivity index (χ1) is 14.2. The van der Waals surface area contributed by atoms with Crippen molar-refractivity contribution in [3.05, 3.63) is 29.8 Å². The van der Waals surface area contributed by atoms with E-state index in [1.165, 1.54) is 22.8 Å². The number of carbonyl (C=O) groups is 1. The van der Waals surface area contributed by atoms with Crippen LogP contribution in [0.5, 0.6) is 0 Å². The van der Waals surface area contributed by atoms with E-state index in [1.54, 1.807) is 7.05 Å². The standard InChI is InChI=1S/C22H35N5OS.HI/c1-3-24-22(27-10-8-18(9-11-27)16-21(28)23-2)25-17-19-4-6-20(7-5-19)26-12-14-29-15-13-26;/h4-7,18H,3,8-17H2,1-2H3,(H,23,28)(H,24,25);1H. The highest BCUT2D eigenvalue weighted by Gasteiger charge is 2.23. The molecule has 168 valence electrons. The van der Waals surface area contributed by atoms with Crippen molar-refractivity contribution in [3.8, 4) is 0 Å². The molecule has 6 nitrogen and oxygen atoms in total. The highest BCUT2D eigenvalue weighted by Crippen LogP contribution is 2.22. The number of amides is 1. The summed E-state index contributed by atoms with van der Waals surface area (Å²) in [6.45, 7) is 7.86. The van der Waals surface area contributed by atoms with E-state index in [1.807, 2.05) is 11.8 Å². The topological polar surface area (TPSA) is 60.0 Å². The minimum Gasteiger partial charge on any atom is -0.370 e. The van der Waals surface area contributed by atoms with E-state index in [0.29, 0.717) is 18.9 Å². The molecule has 2 N–H and O–H groups in total. The van der Waals surface area contributed by atoms with E-state index in [9.17, 15) is 4.79 Å². The van der Waals surface area contributed by atoms with Gasteiger partial charge in [0, 0.05) is 63.4 Å². The summed E-state index contributed by atoms with van der Waals surface area (Å²) < 4.78 is 0. The maximum Gasteiger partial charge on any atom is 0.220 e. The Morgan fingerprint density at radius 3 is 2.40 bits per heavy atom. The minimum absolute atomic E-state index is 0. The number of benzene rings is 1. The highest BCUT2D eigenvalue weighted by molar-refractivity contribution is 14.0. The zero-order valence-electron chi connectivity index (χ0n) is 18.2. The lowest BCUT2D eigenvalue weighted by Crippen LogP contribution is -2.46. The van der Waals surface area contributed by atoms with Crippen molar-refractivity contribution < 1.29 is 4.79 Å². The largest absolute Gasteiger partial charge is 0.370 e. The van der Waals surface area contributed by atoms with Crippen molar-refractivity contribution in [2.24, 2.45) is 10.9 Å². The molecule has 0 spiro atoms. The highest BCUT2D eigenvalue weighted by atomic mass is 127. The van der Waals surface area contributed by atoms with Gasteiger partial charge in [0.15, 0.2) is 5.96 Å². The number of aliphatic imine (C=N–C) groups is 1. The summed E-state index contributed by atoms with van der Waals surface area (Å²) in [5.41, 5.74) is 2.56. The molecule has 0 radical (unpaired) electrons. The Morgan fingerprint density at radius 1 is 1.13 bits per heavy atom. The number of piperidine rings is 1. The van der Waals surface area contributed by atoms with Gasteiger partial charge in [0.2, 0.25) is 5.91 Å². The average molecular weight is 546 g/mol. The lowest BCUT2D eigenvalue weighted by molar-refractivity contribution is -0.121. The number of rotatable bonds is 6. The maximum absolute atomic E-state index is 11.6. The molecule has 8 heteroatoms. The van der Waals surface area contributed by atoms with Crippen LogP contribution in [0.25, 0.3) is 0 Å². The fraction of sp³-hybridized carbons (Fsp3) is 0.636. The van der Waals surface area contributed by atoms with Crippen LogP contribution in [0.2, 0.25) is 0 Å². The third kappa shape index (κ3) is 7.51. The Kier molecular flexibility index (Phi) is 11.1. The predicted molar refractivity (Wildman–Crippen MR) is 139 cm³/mol. The number of halogens is 1. The van der Waals surface area contributed by atoms with Gasteiger partial charge in [-0.2, -0.15) is 11.8 Å². The molecule has 0 aliphatic carbocycles. The first kappa shape index (κ1) is 25.1. The van der Waals surface area contributed by atoms with Gasteiger partial charge in [0.1, 0.15) is 0 Å². The molecule has 30 heavy (non-hydrogen) atoms. The van der Waals surface area contributed by atoms with Crippen LogP contribution in [-0.2, 0) is 11.3 Å². The monoisotopic (exact) mass is 545 g/mol. The van der Waals surface area contributed by atoms with Crippen LogP contribution >= 0.6 is 35.7 Å². The Morgan fingerprint density at radius 2 is 1.80 bits per heavy atom. The average Bonchev–Trinajstić information content (AvgIpc) is 2.78. The van der Waals surface area contributed by atoms with E-state index in [-0.39, 0.29) is 29.9 Å². The number of likely N-dealkylation sites (tertiary alicyclic amines) is 1. The zero-order chi connectivity index (χ0) is 20.5. The van der Waals surface area contributed by atoms with E-state index in [4.69, 9.17) is 4.99 Å². The second kappa shape index (κ2) is 13.3. The number of hydrogen-bond donors (Lipinski definition) is 2. The van der Waals surface area contributed by atoms with Gasteiger partial charge in [-0.3, -0.25) is 4.79 Å². The molecular formula is C22H36IN5OS. The smallest absolute Gasteiger partial charge is 0.220 e. The fourth-order valence-corrected chi connectivity index (χ4v) is 4.84. The van der Waals surface area contributed by atoms with E-state index < -0.39 is 0 Å². The minimum atomic E-state index is 0. The summed E-state index contributed by atoms with van der Waals surface area (Å²) in [4.78, 5) is 21.3. The summed E-state index contributed by atoms with van der Waals surface area (Å²) in [6, 6.07) is 8.88. The Bertz CT molecular complexity index is 671. The third-order valence-corrected chi connectivity index (χ3v) is 6.67. The summed E-state index contributed by atoms with van der Waals surface area (Å²) in [7, 11) is 1.71.